The Morgan fingerprint density at radius 3 is 2.18 bits per heavy atom. The topological polar surface area (TPSA) is 49.4 Å². The molecule has 0 aromatic carbocycles. The molecule has 1 N–H and O–H groups in total. The van der Waals surface area contributed by atoms with E-state index in [2.05, 4.69) is 19.2 Å². The van der Waals surface area contributed by atoms with Gasteiger partial charge in [0, 0.05) is 19.5 Å². The van der Waals surface area contributed by atoms with Crippen LogP contribution in [0.1, 0.15) is 84.5 Å². The quantitative estimate of drug-likeness (QED) is 0.813. The first-order chi connectivity index (χ1) is 10.5. The lowest BCUT2D eigenvalue weighted by Gasteiger charge is -2.28. The SMILES string of the molecule is CCCC(C)CC(=O)NC(=O)N(C)C1CCCCCCCC1. The molecule has 3 amide bonds. The first-order valence-electron chi connectivity index (χ1n) is 9.11. The highest BCUT2D eigenvalue weighted by Gasteiger charge is 2.22. The Morgan fingerprint density at radius 1 is 1.09 bits per heavy atom. The van der Waals surface area contributed by atoms with Crippen molar-refractivity contribution in [1.82, 2.24) is 10.2 Å². The van der Waals surface area contributed by atoms with Crippen molar-refractivity contribution < 1.29 is 9.59 Å². The van der Waals surface area contributed by atoms with Crippen molar-refractivity contribution >= 4 is 11.9 Å². The van der Waals surface area contributed by atoms with Crippen LogP contribution in [-0.4, -0.2) is 29.9 Å². The summed E-state index contributed by atoms with van der Waals surface area (Å²) in [5, 5.41) is 2.57. The number of hydrogen-bond acceptors (Lipinski definition) is 2. The first kappa shape index (κ1) is 19.0. The average molecular weight is 310 g/mol. The second kappa shape index (κ2) is 10.6. The molecule has 1 aliphatic carbocycles. The van der Waals surface area contributed by atoms with E-state index in [0.29, 0.717) is 12.3 Å². The fourth-order valence-electron chi connectivity index (χ4n) is 3.33. The molecule has 0 radical (unpaired) electrons. The Labute approximate surface area is 136 Å². The Bertz CT molecular complexity index is 334. The van der Waals surface area contributed by atoms with Crippen molar-refractivity contribution in [2.24, 2.45) is 5.92 Å². The maximum Gasteiger partial charge on any atom is 0.324 e. The molecule has 0 heterocycles. The summed E-state index contributed by atoms with van der Waals surface area (Å²) in [5.41, 5.74) is 0. The van der Waals surface area contributed by atoms with Crippen LogP contribution in [0, 0.1) is 5.92 Å². The number of rotatable bonds is 5. The first-order valence-corrected chi connectivity index (χ1v) is 9.11. The van der Waals surface area contributed by atoms with Crippen molar-refractivity contribution in [3.05, 3.63) is 0 Å². The lowest BCUT2D eigenvalue weighted by molar-refractivity contribution is -0.121. The molecule has 0 aromatic heterocycles. The third kappa shape index (κ3) is 7.28. The minimum Gasteiger partial charge on any atom is -0.325 e. The Kier molecular flexibility index (Phi) is 9.17. The lowest BCUT2D eigenvalue weighted by Crippen LogP contribution is -2.46. The minimum atomic E-state index is -0.224. The number of imide groups is 1. The molecule has 1 saturated carbocycles. The summed E-state index contributed by atoms with van der Waals surface area (Å²) >= 11 is 0. The molecule has 22 heavy (non-hydrogen) atoms. The second-order valence-electron chi connectivity index (χ2n) is 6.91. The third-order valence-electron chi connectivity index (χ3n) is 4.75. The van der Waals surface area contributed by atoms with Crippen LogP contribution >= 0.6 is 0 Å². The number of amides is 3. The summed E-state index contributed by atoms with van der Waals surface area (Å²) in [5.74, 6) is 0.203. The van der Waals surface area contributed by atoms with Crippen LogP contribution in [0.3, 0.4) is 0 Å². The monoisotopic (exact) mass is 310 g/mol. The summed E-state index contributed by atoms with van der Waals surface area (Å²) in [6.07, 6.45) is 12.2. The number of carbonyl (C=O) groups is 2. The maximum atomic E-state index is 12.3. The van der Waals surface area contributed by atoms with E-state index in [1.54, 1.807) is 4.90 Å². The van der Waals surface area contributed by atoms with Crippen LogP contribution in [-0.2, 0) is 4.79 Å². The molecule has 4 nitrogen and oxygen atoms in total. The van der Waals surface area contributed by atoms with Gasteiger partial charge in [0.2, 0.25) is 5.91 Å². The maximum absolute atomic E-state index is 12.3. The predicted octanol–water partition coefficient (Wildman–Crippen LogP) is 4.48. The summed E-state index contributed by atoms with van der Waals surface area (Å²) in [6, 6.07) is 0.0527. The van der Waals surface area contributed by atoms with Crippen molar-refractivity contribution in [3.63, 3.8) is 0 Å². The van der Waals surface area contributed by atoms with Gasteiger partial charge in [-0.15, -0.1) is 0 Å². The van der Waals surface area contributed by atoms with Gasteiger partial charge in [0.05, 0.1) is 0 Å². The van der Waals surface area contributed by atoms with Gasteiger partial charge < -0.3 is 4.90 Å². The van der Waals surface area contributed by atoms with Crippen molar-refractivity contribution in [3.8, 4) is 0 Å². The van der Waals surface area contributed by atoms with Gasteiger partial charge in [-0.25, -0.2) is 4.79 Å². The molecular formula is C18H34N2O2. The number of urea groups is 1. The highest BCUT2D eigenvalue weighted by Crippen LogP contribution is 2.20. The summed E-state index contributed by atoms with van der Waals surface area (Å²) in [4.78, 5) is 26.0. The number of nitrogens with one attached hydrogen (secondary N) is 1. The standard InChI is InChI=1S/C18H34N2O2/c1-4-11-15(2)14-17(21)19-18(22)20(3)16-12-9-7-5-6-8-10-13-16/h15-16H,4-14H2,1-3H3,(H,19,21,22). The normalized spacial score (nSPS) is 18.7. The van der Waals surface area contributed by atoms with Gasteiger partial charge in [-0.1, -0.05) is 65.2 Å². The molecule has 0 aliphatic heterocycles. The molecule has 1 rings (SSSR count). The van der Waals surface area contributed by atoms with E-state index >= 15 is 0 Å². The number of hydrogen-bond donors (Lipinski definition) is 1. The molecule has 1 unspecified atom stereocenters. The molecule has 0 bridgehead atoms. The molecule has 1 fully saturated rings. The third-order valence-corrected chi connectivity index (χ3v) is 4.75. The molecule has 4 heteroatoms. The van der Waals surface area contributed by atoms with Crippen LogP contribution in [0.15, 0.2) is 0 Å². The zero-order chi connectivity index (χ0) is 16.4. The Balaban J connectivity index is 2.42. The Morgan fingerprint density at radius 2 is 1.64 bits per heavy atom. The van der Waals surface area contributed by atoms with Crippen molar-refractivity contribution in [2.75, 3.05) is 7.05 Å². The lowest BCUT2D eigenvalue weighted by atomic mass is 10.0. The Hall–Kier alpha value is -1.06. The zero-order valence-corrected chi connectivity index (χ0v) is 14.7. The number of nitrogens with zero attached hydrogens (tertiary/aromatic N) is 1. The van der Waals surface area contributed by atoms with Gasteiger partial charge >= 0.3 is 6.03 Å². The molecule has 1 aliphatic rings. The van der Waals surface area contributed by atoms with E-state index in [4.69, 9.17) is 0 Å². The summed E-state index contributed by atoms with van der Waals surface area (Å²) < 4.78 is 0. The van der Waals surface area contributed by atoms with E-state index in [9.17, 15) is 9.59 Å². The van der Waals surface area contributed by atoms with Gasteiger partial charge in [-0.05, 0) is 18.8 Å². The molecule has 0 spiro atoms. The van der Waals surface area contributed by atoms with Crippen LogP contribution in [0.5, 0.6) is 0 Å². The predicted molar refractivity (Wildman–Crippen MR) is 90.7 cm³/mol. The minimum absolute atomic E-state index is 0.138. The van der Waals surface area contributed by atoms with E-state index in [0.717, 1.165) is 25.7 Å². The summed E-state index contributed by atoms with van der Waals surface area (Å²) in [6.45, 7) is 4.18. The molecule has 128 valence electrons. The molecular weight excluding hydrogens is 276 g/mol. The smallest absolute Gasteiger partial charge is 0.324 e. The van der Waals surface area contributed by atoms with E-state index in [1.807, 2.05) is 7.05 Å². The zero-order valence-electron chi connectivity index (χ0n) is 14.7. The van der Waals surface area contributed by atoms with Crippen LogP contribution in [0.25, 0.3) is 0 Å². The highest BCUT2D eigenvalue weighted by molar-refractivity contribution is 5.94. The van der Waals surface area contributed by atoms with Gasteiger partial charge in [0.25, 0.3) is 0 Å². The van der Waals surface area contributed by atoms with Crippen LogP contribution < -0.4 is 5.32 Å². The van der Waals surface area contributed by atoms with E-state index in [-0.39, 0.29) is 18.0 Å². The van der Waals surface area contributed by atoms with Crippen molar-refractivity contribution in [2.45, 2.75) is 90.5 Å². The van der Waals surface area contributed by atoms with Crippen LogP contribution in [0.2, 0.25) is 0 Å². The van der Waals surface area contributed by atoms with E-state index in [1.165, 1.54) is 38.5 Å². The fraction of sp³-hybridized carbons (Fsp3) is 0.889. The molecule has 0 aromatic rings. The second-order valence-corrected chi connectivity index (χ2v) is 6.91. The van der Waals surface area contributed by atoms with Gasteiger partial charge in [-0.3, -0.25) is 10.1 Å². The fourth-order valence-corrected chi connectivity index (χ4v) is 3.33. The van der Waals surface area contributed by atoms with Crippen molar-refractivity contribution in [1.29, 1.82) is 0 Å². The molecule has 0 saturated heterocycles. The largest absolute Gasteiger partial charge is 0.325 e. The number of carbonyl (C=O) groups excluding carboxylic acids is 2. The molecule has 1 atom stereocenters. The van der Waals surface area contributed by atoms with E-state index < -0.39 is 0 Å². The summed E-state index contributed by atoms with van der Waals surface area (Å²) in [7, 11) is 1.83. The van der Waals surface area contributed by atoms with Gasteiger partial charge in [-0.2, -0.15) is 0 Å². The van der Waals surface area contributed by atoms with Gasteiger partial charge in [0.1, 0.15) is 0 Å². The highest BCUT2D eigenvalue weighted by atomic mass is 16.2. The van der Waals surface area contributed by atoms with Crippen LogP contribution in [0.4, 0.5) is 4.79 Å². The van der Waals surface area contributed by atoms with Gasteiger partial charge in [0.15, 0.2) is 0 Å². The average Bonchev–Trinajstić information content (AvgIpc) is 2.59.